The Morgan fingerprint density at radius 2 is 1.91 bits per heavy atom. The van der Waals surface area contributed by atoms with E-state index in [1.54, 1.807) is 12.4 Å². The number of pyridine rings is 2. The molecule has 0 radical (unpaired) electrons. The number of hydrogen-bond acceptors (Lipinski definition) is 4. The van der Waals surface area contributed by atoms with E-state index >= 15 is 0 Å². The van der Waals surface area contributed by atoms with Crippen LogP contribution in [0.2, 0.25) is 5.02 Å². The van der Waals surface area contributed by atoms with Crippen LogP contribution in [-0.4, -0.2) is 25.3 Å². The van der Waals surface area contributed by atoms with Crippen molar-refractivity contribution in [3.05, 3.63) is 52.9 Å². The SMILES string of the molecule is FC(F)(F)c1cc(Cl)c2nnc(SCCc3ccncc3)n2c1. The third-order valence-corrected chi connectivity index (χ3v) is 4.35. The van der Waals surface area contributed by atoms with Crippen molar-refractivity contribution < 1.29 is 13.2 Å². The van der Waals surface area contributed by atoms with Crippen molar-refractivity contribution in [2.24, 2.45) is 0 Å². The Bertz CT molecular complexity index is 820. The molecular formula is C14H10ClF3N4S. The Hall–Kier alpha value is -1.80. The molecule has 0 aliphatic rings. The summed E-state index contributed by atoms with van der Waals surface area (Å²) in [6, 6.07) is 4.64. The topological polar surface area (TPSA) is 43.1 Å². The van der Waals surface area contributed by atoms with Crippen molar-refractivity contribution in [2.45, 2.75) is 17.8 Å². The average Bonchev–Trinajstić information content (AvgIpc) is 2.91. The zero-order valence-corrected chi connectivity index (χ0v) is 13.2. The molecule has 0 N–H and O–H groups in total. The van der Waals surface area contributed by atoms with E-state index in [9.17, 15) is 13.2 Å². The highest BCUT2D eigenvalue weighted by atomic mass is 35.5. The van der Waals surface area contributed by atoms with Crippen LogP contribution in [0.25, 0.3) is 5.65 Å². The highest BCUT2D eigenvalue weighted by Crippen LogP contribution is 2.33. The van der Waals surface area contributed by atoms with E-state index in [1.165, 1.54) is 16.2 Å². The third kappa shape index (κ3) is 3.59. The van der Waals surface area contributed by atoms with E-state index in [1.807, 2.05) is 12.1 Å². The zero-order chi connectivity index (χ0) is 16.4. The van der Waals surface area contributed by atoms with Gasteiger partial charge in [0, 0.05) is 24.3 Å². The average molecular weight is 359 g/mol. The van der Waals surface area contributed by atoms with Gasteiger partial charge in [-0.05, 0) is 30.2 Å². The first-order valence-electron chi connectivity index (χ1n) is 6.58. The van der Waals surface area contributed by atoms with Crippen molar-refractivity contribution in [3.8, 4) is 0 Å². The number of aromatic nitrogens is 4. The standard InChI is InChI=1S/C14H10ClF3N4S/c15-11-7-10(14(16,17)18)8-22-12(11)20-21-13(22)23-6-3-9-1-4-19-5-2-9/h1-2,4-5,7-8H,3,6H2. The van der Waals surface area contributed by atoms with Crippen molar-refractivity contribution in [1.29, 1.82) is 0 Å². The maximum atomic E-state index is 12.9. The molecule has 120 valence electrons. The van der Waals surface area contributed by atoms with Gasteiger partial charge in [0.2, 0.25) is 0 Å². The zero-order valence-electron chi connectivity index (χ0n) is 11.6. The summed E-state index contributed by atoms with van der Waals surface area (Å²) in [6.07, 6.45) is 0.634. The van der Waals surface area contributed by atoms with Crippen LogP contribution in [0.1, 0.15) is 11.1 Å². The van der Waals surface area contributed by atoms with Crippen LogP contribution in [0.4, 0.5) is 13.2 Å². The highest BCUT2D eigenvalue weighted by Gasteiger charge is 2.32. The number of thioether (sulfide) groups is 1. The lowest BCUT2D eigenvalue weighted by Gasteiger charge is -2.08. The lowest BCUT2D eigenvalue weighted by Crippen LogP contribution is -2.07. The fourth-order valence-electron chi connectivity index (χ4n) is 2.00. The number of rotatable bonds is 4. The molecule has 0 aromatic carbocycles. The first-order valence-corrected chi connectivity index (χ1v) is 7.94. The van der Waals surface area contributed by atoms with Gasteiger partial charge < -0.3 is 0 Å². The smallest absolute Gasteiger partial charge is 0.276 e. The molecule has 0 fully saturated rings. The Kier molecular flexibility index (Phi) is 4.45. The first-order chi connectivity index (χ1) is 10.9. The van der Waals surface area contributed by atoms with Gasteiger partial charge in [0.15, 0.2) is 10.8 Å². The van der Waals surface area contributed by atoms with E-state index in [2.05, 4.69) is 15.2 Å². The van der Waals surface area contributed by atoms with Crippen LogP contribution in [0, 0.1) is 0 Å². The number of alkyl halides is 3. The maximum absolute atomic E-state index is 12.9. The molecule has 0 saturated heterocycles. The monoisotopic (exact) mass is 358 g/mol. The molecule has 3 heterocycles. The van der Waals surface area contributed by atoms with Crippen LogP contribution in [0.5, 0.6) is 0 Å². The fraction of sp³-hybridized carbons (Fsp3) is 0.214. The first kappa shape index (κ1) is 16.1. The molecule has 0 amide bonds. The molecule has 0 bridgehead atoms. The molecule has 23 heavy (non-hydrogen) atoms. The number of fused-ring (bicyclic) bond motifs is 1. The summed E-state index contributed by atoms with van der Waals surface area (Å²) >= 11 is 7.19. The van der Waals surface area contributed by atoms with E-state index in [0.29, 0.717) is 10.9 Å². The van der Waals surface area contributed by atoms with Gasteiger partial charge in [-0.1, -0.05) is 23.4 Å². The summed E-state index contributed by atoms with van der Waals surface area (Å²) in [4.78, 5) is 3.93. The maximum Gasteiger partial charge on any atom is 0.417 e. The minimum Gasteiger partial charge on any atom is -0.276 e. The highest BCUT2D eigenvalue weighted by molar-refractivity contribution is 7.99. The third-order valence-electron chi connectivity index (χ3n) is 3.13. The van der Waals surface area contributed by atoms with Crippen LogP contribution in [0.3, 0.4) is 0 Å². The molecule has 3 aromatic heterocycles. The molecule has 3 rings (SSSR count). The molecule has 0 unspecified atom stereocenters. The summed E-state index contributed by atoms with van der Waals surface area (Å²) in [7, 11) is 0. The Morgan fingerprint density at radius 3 is 2.61 bits per heavy atom. The van der Waals surface area contributed by atoms with Gasteiger partial charge in [-0.3, -0.25) is 9.38 Å². The molecular weight excluding hydrogens is 349 g/mol. The van der Waals surface area contributed by atoms with Gasteiger partial charge in [0.1, 0.15) is 0 Å². The van der Waals surface area contributed by atoms with Crippen LogP contribution < -0.4 is 0 Å². The van der Waals surface area contributed by atoms with Gasteiger partial charge >= 0.3 is 6.18 Å². The Balaban J connectivity index is 1.82. The van der Waals surface area contributed by atoms with Gasteiger partial charge in [-0.25, -0.2) is 0 Å². The molecule has 0 aliphatic heterocycles. The lowest BCUT2D eigenvalue weighted by molar-refractivity contribution is -0.137. The molecule has 9 heteroatoms. The minimum absolute atomic E-state index is 0.0756. The Labute approximate surface area is 138 Å². The number of nitrogens with zero attached hydrogens (tertiary/aromatic N) is 4. The van der Waals surface area contributed by atoms with Crippen molar-refractivity contribution in [2.75, 3.05) is 5.75 Å². The summed E-state index contributed by atoms with van der Waals surface area (Å²) in [5.41, 5.74) is 0.479. The van der Waals surface area contributed by atoms with Gasteiger partial charge in [-0.15, -0.1) is 10.2 Å². The number of aryl methyl sites for hydroxylation is 1. The second kappa shape index (κ2) is 6.37. The predicted octanol–water partition coefficient (Wildman–Crippen LogP) is 4.13. The predicted molar refractivity (Wildman–Crippen MR) is 81.7 cm³/mol. The molecule has 3 aromatic rings. The number of halogens is 4. The normalized spacial score (nSPS) is 12.0. The second-order valence-electron chi connectivity index (χ2n) is 4.70. The van der Waals surface area contributed by atoms with Crippen LogP contribution in [0.15, 0.2) is 41.9 Å². The van der Waals surface area contributed by atoms with Crippen molar-refractivity contribution in [1.82, 2.24) is 19.6 Å². The summed E-state index contributed by atoms with van der Waals surface area (Å²) in [5, 5.41) is 8.07. The van der Waals surface area contributed by atoms with E-state index < -0.39 is 11.7 Å². The fourth-order valence-corrected chi connectivity index (χ4v) is 3.14. The van der Waals surface area contributed by atoms with E-state index in [-0.39, 0.29) is 10.7 Å². The minimum atomic E-state index is -4.47. The Morgan fingerprint density at radius 1 is 1.17 bits per heavy atom. The van der Waals surface area contributed by atoms with Gasteiger partial charge in [0.05, 0.1) is 10.6 Å². The molecule has 0 aliphatic carbocycles. The largest absolute Gasteiger partial charge is 0.417 e. The molecule has 0 saturated carbocycles. The molecule has 4 nitrogen and oxygen atoms in total. The molecule has 0 spiro atoms. The summed E-state index contributed by atoms with van der Waals surface area (Å²) in [5.74, 6) is 0.651. The van der Waals surface area contributed by atoms with E-state index in [0.717, 1.165) is 24.2 Å². The van der Waals surface area contributed by atoms with Gasteiger partial charge in [0.25, 0.3) is 0 Å². The van der Waals surface area contributed by atoms with Crippen molar-refractivity contribution >= 4 is 29.0 Å². The summed E-state index contributed by atoms with van der Waals surface area (Å²) < 4.78 is 39.9. The van der Waals surface area contributed by atoms with E-state index in [4.69, 9.17) is 11.6 Å². The van der Waals surface area contributed by atoms with Crippen molar-refractivity contribution in [3.63, 3.8) is 0 Å². The second-order valence-corrected chi connectivity index (χ2v) is 6.17. The van der Waals surface area contributed by atoms with Crippen LogP contribution in [-0.2, 0) is 12.6 Å². The lowest BCUT2D eigenvalue weighted by atomic mass is 10.2. The van der Waals surface area contributed by atoms with Crippen LogP contribution >= 0.6 is 23.4 Å². The number of hydrogen-bond donors (Lipinski definition) is 0. The summed E-state index contributed by atoms with van der Waals surface area (Å²) in [6.45, 7) is 0. The quantitative estimate of drug-likeness (QED) is 0.658. The van der Waals surface area contributed by atoms with Gasteiger partial charge in [-0.2, -0.15) is 13.2 Å². The molecule has 0 atom stereocenters.